The fourth-order valence-electron chi connectivity index (χ4n) is 2.71. The number of hydrogen-bond donors (Lipinski definition) is 0. The molecule has 134 valence electrons. The Kier molecular flexibility index (Phi) is 6.45. The number of hydrogen-bond acceptors (Lipinski definition) is 4. The molecule has 0 unspecified atom stereocenters. The monoisotopic (exact) mass is 366 g/mol. The van der Waals surface area contributed by atoms with Crippen molar-refractivity contribution >= 4 is 17.3 Å². The largest absolute Gasteiger partial charge is 0.489 e. The maximum Gasteiger partial charge on any atom is 0.306 e. The highest BCUT2D eigenvalue weighted by Crippen LogP contribution is 2.30. The van der Waals surface area contributed by atoms with E-state index in [4.69, 9.17) is 9.47 Å². The molecule has 0 aliphatic heterocycles. The molecule has 1 heterocycles. The molecule has 3 aromatic rings. The summed E-state index contributed by atoms with van der Waals surface area (Å²) in [5.41, 5.74) is 3.46. The average molecular weight is 366 g/mol. The molecular weight excluding hydrogens is 344 g/mol. The molecule has 0 bridgehead atoms. The Labute approximate surface area is 158 Å². The number of thiophene rings is 1. The van der Waals surface area contributed by atoms with Crippen molar-refractivity contribution < 1.29 is 14.3 Å². The Morgan fingerprint density at radius 3 is 2.50 bits per heavy atom. The van der Waals surface area contributed by atoms with E-state index in [0.29, 0.717) is 26.1 Å². The molecule has 0 spiro atoms. The van der Waals surface area contributed by atoms with E-state index in [-0.39, 0.29) is 5.97 Å². The van der Waals surface area contributed by atoms with Crippen LogP contribution in [0, 0.1) is 0 Å². The van der Waals surface area contributed by atoms with E-state index in [1.165, 1.54) is 10.4 Å². The minimum absolute atomic E-state index is 0.142. The fourth-order valence-corrected chi connectivity index (χ4v) is 3.61. The van der Waals surface area contributed by atoms with E-state index in [2.05, 4.69) is 35.7 Å². The van der Waals surface area contributed by atoms with E-state index >= 15 is 0 Å². The molecule has 0 fully saturated rings. The van der Waals surface area contributed by atoms with Gasteiger partial charge in [0.05, 0.1) is 13.0 Å². The van der Waals surface area contributed by atoms with Crippen molar-refractivity contribution in [2.24, 2.45) is 0 Å². The molecule has 26 heavy (non-hydrogen) atoms. The van der Waals surface area contributed by atoms with Gasteiger partial charge in [0.2, 0.25) is 0 Å². The normalized spacial score (nSPS) is 10.5. The van der Waals surface area contributed by atoms with Crippen molar-refractivity contribution in [3.05, 3.63) is 76.5 Å². The highest BCUT2D eigenvalue weighted by atomic mass is 32.1. The van der Waals surface area contributed by atoms with Crippen LogP contribution in [0.15, 0.2) is 66.0 Å². The smallest absolute Gasteiger partial charge is 0.306 e. The molecule has 3 rings (SSSR count). The summed E-state index contributed by atoms with van der Waals surface area (Å²) in [6, 6.07) is 20.3. The van der Waals surface area contributed by atoms with E-state index in [1.807, 2.05) is 37.3 Å². The lowest BCUT2D eigenvalue weighted by atomic mass is 10.0. The first-order valence-corrected chi connectivity index (χ1v) is 9.63. The van der Waals surface area contributed by atoms with Gasteiger partial charge in [0.1, 0.15) is 12.4 Å². The van der Waals surface area contributed by atoms with E-state index in [9.17, 15) is 4.79 Å². The Balaban J connectivity index is 1.62. The molecular formula is C22H22O3S. The summed E-state index contributed by atoms with van der Waals surface area (Å²) in [6.07, 6.45) is 1.12. The van der Waals surface area contributed by atoms with Gasteiger partial charge in [0.25, 0.3) is 0 Å². The molecule has 0 saturated carbocycles. The Bertz CT molecular complexity index is 822. The molecule has 0 atom stereocenters. The van der Waals surface area contributed by atoms with Crippen LogP contribution in [0.25, 0.3) is 11.1 Å². The number of carbonyl (C=O) groups is 1. The number of carbonyl (C=O) groups excluding carboxylic acids is 1. The maximum atomic E-state index is 11.6. The lowest BCUT2D eigenvalue weighted by Gasteiger charge is -2.08. The van der Waals surface area contributed by atoms with Crippen molar-refractivity contribution in [2.75, 3.05) is 6.61 Å². The molecule has 0 N–H and O–H groups in total. The third kappa shape index (κ3) is 4.96. The van der Waals surface area contributed by atoms with Gasteiger partial charge in [0.15, 0.2) is 0 Å². The van der Waals surface area contributed by atoms with Gasteiger partial charge < -0.3 is 9.47 Å². The van der Waals surface area contributed by atoms with E-state index in [0.717, 1.165) is 16.9 Å². The highest BCUT2D eigenvalue weighted by molar-refractivity contribution is 7.10. The molecule has 0 saturated heterocycles. The second-order valence-electron chi connectivity index (χ2n) is 5.86. The quantitative estimate of drug-likeness (QED) is 0.495. The fraction of sp³-hybridized carbons (Fsp3) is 0.227. The topological polar surface area (TPSA) is 35.5 Å². The van der Waals surface area contributed by atoms with Crippen molar-refractivity contribution in [2.45, 2.75) is 26.4 Å². The van der Waals surface area contributed by atoms with Gasteiger partial charge in [-0.15, -0.1) is 11.3 Å². The third-order valence-electron chi connectivity index (χ3n) is 4.02. The van der Waals surface area contributed by atoms with Crippen LogP contribution in [0.5, 0.6) is 5.75 Å². The third-order valence-corrected chi connectivity index (χ3v) is 5.00. The molecule has 3 nitrogen and oxygen atoms in total. The molecule has 0 amide bonds. The molecule has 1 aromatic heterocycles. The van der Waals surface area contributed by atoms with Crippen LogP contribution in [0.1, 0.15) is 23.8 Å². The number of rotatable bonds is 8. The van der Waals surface area contributed by atoms with Gasteiger partial charge >= 0.3 is 5.97 Å². The van der Waals surface area contributed by atoms with Gasteiger partial charge in [0, 0.05) is 4.88 Å². The molecule has 0 aliphatic rings. The first-order chi connectivity index (χ1) is 12.8. The summed E-state index contributed by atoms with van der Waals surface area (Å²) in [5, 5.41) is 2.07. The van der Waals surface area contributed by atoms with Crippen LogP contribution < -0.4 is 4.74 Å². The summed E-state index contributed by atoms with van der Waals surface area (Å²) < 4.78 is 10.9. The summed E-state index contributed by atoms with van der Waals surface area (Å²) in [7, 11) is 0. The molecule has 0 aliphatic carbocycles. The molecule has 2 aromatic carbocycles. The first kappa shape index (κ1) is 18.2. The lowest BCUT2D eigenvalue weighted by molar-refractivity contribution is -0.143. The number of esters is 1. The van der Waals surface area contributed by atoms with Crippen molar-refractivity contribution in [3.8, 4) is 16.9 Å². The van der Waals surface area contributed by atoms with E-state index in [1.54, 1.807) is 11.3 Å². The van der Waals surface area contributed by atoms with Crippen LogP contribution in [0.4, 0.5) is 0 Å². The summed E-state index contributed by atoms with van der Waals surface area (Å²) in [6.45, 7) is 2.82. The first-order valence-electron chi connectivity index (χ1n) is 8.75. The van der Waals surface area contributed by atoms with Gasteiger partial charge in [-0.3, -0.25) is 4.79 Å². The van der Waals surface area contributed by atoms with Crippen LogP contribution >= 0.6 is 11.3 Å². The Morgan fingerprint density at radius 2 is 1.77 bits per heavy atom. The SMILES string of the molecule is CCOC(=O)CCc1sccc1-c1ccc(OCc2ccccc2)cc1. The number of ether oxygens (including phenoxy) is 2. The Hall–Kier alpha value is -2.59. The van der Waals surface area contributed by atoms with Crippen LogP contribution in [-0.4, -0.2) is 12.6 Å². The van der Waals surface area contributed by atoms with Gasteiger partial charge in [-0.05, 0) is 53.6 Å². The van der Waals surface area contributed by atoms with Crippen molar-refractivity contribution in [1.82, 2.24) is 0 Å². The second-order valence-corrected chi connectivity index (χ2v) is 6.86. The lowest BCUT2D eigenvalue weighted by Crippen LogP contribution is -2.04. The van der Waals surface area contributed by atoms with Crippen molar-refractivity contribution in [3.63, 3.8) is 0 Å². The van der Waals surface area contributed by atoms with Crippen LogP contribution in [-0.2, 0) is 22.6 Å². The van der Waals surface area contributed by atoms with Crippen molar-refractivity contribution in [1.29, 1.82) is 0 Å². The minimum atomic E-state index is -0.142. The Morgan fingerprint density at radius 1 is 1.00 bits per heavy atom. The zero-order valence-electron chi connectivity index (χ0n) is 14.8. The van der Waals surface area contributed by atoms with Crippen LogP contribution in [0.2, 0.25) is 0 Å². The zero-order valence-corrected chi connectivity index (χ0v) is 15.6. The summed E-state index contributed by atoms with van der Waals surface area (Å²) in [5.74, 6) is 0.706. The second kappa shape index (κ2) is 9.20. The van der Waals surface area contributed by atoms with Gasteiger partial charge in [-0.1, -0.05) is 42.5 Å². The summed E-state index contributed by atoms with van der Waals surface area (Å²) >= 11 is 1.68. The minimum Gasteiger partial charge on any atom is -0.489 e. The summed E-state index contributed by atoms with van der Waals surface area (Å²) in [4.78, 5) is 12.8. The predicted octanol–water partition coefficient (Wildman–Crippen LogP) is 5.49. The zero-order chi connectivity index (χ0) is 18.2. The average Bonchev–Trinajstić information content (AvgIpc) is 3.15. The highest BCUT2D eigenvalue weighted by Gasteiger charge is 2.10. The maximum absolute atomic E-state index is 11.6. The number of benzene rings is 2. The van der Waals surface area contributed by atoms with Gasteiger partial charge in [-0.2, -0.15) is 0 Å². The molecule has 4 heteroatoms. The van der Waals surface area contributed by atoms with E-state index < -0.39 is 0 Å². The van der Waals surface area contributed by atoms with Crippen LogP contribution in [0.3, 0.4) is 0 Å². The number of aryl methyl sites for hydroxylation is 1. The standard InChI is InChI=1S/C22H22O3S/c1-2-24-22(23)13-12-21-20(14-15-26-21)18-8-10-19(11-9-18)25-16-17-6-4-3-5-7-17/h3-11,14-15H,2,12-13,16H2,1H3. The molecule has 0 radical (unpaired) electrons. The van der Waals surface area contributed by atoms with Gasteiger partial charge in [-0.25, -0.2) is 0 Å². The predicted molar refractivity (Wildman–Crippen MR) is 105 cm³/mol.